The first-order chi connectivity index (χ1) is 8.08. The standard InChI is InChI=1S/C12H22N4O/c1-4-10-15-11(13)9(3)12(16-10)14-7-8(2)5-6-17/h8,17H,4-7H2,1-3H3,(H3,13,14,15,16). The van der Waals surface area contributed by atoms with Crippen LogP contribution in [0.25, 0.3) is 0 Å². The first-order valence-electron chi connectivity index (χ1n) is 6.06. The molecular formula is C12H22N4O. The number of aliphatic hydroxyl groups is 1. The van der Waals surface area contributed by atoms with Crippen LogP contribution in [0.5, 0.6) is 0 Å². The summed E-state index contributed by atoms with van der Waals surface area (Å²) in [6.07, 6.45) is 1.55. The molecule has 0 fully saturated rings. The van der Waals surface area contributed by atoms with E-state index in [0.717, 1.165) is 36.6 Å². The lowest BCUT2D eigenvalue weighted by Crippen LogP contribution is -2.16. The Balaban J connectivity index is 2.72. The first kappa shape index (κ1) is 13.7. The number of nitrogen functional groups attached to an aromatic ring is 1. The largest absolute Gasteiger partial charge is 0.396 e. The maximum absolute atomic E-state index is 8.84. The number of anilines is 2. The molecule has 0 aromatic carbocycles. The predicted octanol–water partition coefficient (Wildman–Crippen LogP) is 1.36. The third-order valence-corrected chi connectivity index (χ3v) is 2.79. The van der Waals surface area contributed by atoms with Crippen LogP contribution in [-0.2, 0) is 6.42 Å². The Morgan fingerprint density at radius 3 is 2.71 bits per heavy atom. The van der Waals surface area contributed by atoms with E-state index in [1.807, 2.05) is 13.8 Å². The summed E-state index contributed by atoms with van der Waals surface area (Å²) >= 11 is 0. The number of hydrogen-bond donors (Lipinski definition) is 3. The Bertz CT molecular complexity index is 368. The van der Waals surface area contributed by atoms with Crippen LogP contribution < -0.4 is 11.1 Å². The lowest BCUT2D eigenvalue weighted by molar-refractivity contribution is 0.266. The molecule has 96 valence electrons. The monoisotopic (exact) mass is 238 g/mol. The molecule has 1 unspecified atom stereocenters. The molecule has 1 rings (SSSR count). The fourth-order valence-electron chi connectivity index (χ4n) is 1.51. The molecule has 0 saturated heterocycles. The number of nitrogens with two attached hydrogens (primary N) is 1. The van der Waals surface area contributed by atoms with E-state index in [4.69, 9.17) is 10.8 Å². The van der Waals surface area contributed by atoms with Gasteiger partial charge in [0.15, 0.2) is 0 Å². The number of aromatic nitrogens is 2. The van der Waals surface area contributed by atoms with Gasteiger partial charge in [0.2, 0.25) is 0 Å². The number of hydrogen-bond acceptors (Lipinski definition) is 5. The van der Waals surface area contributed by atoms with Crippen LogP contribution in [0.3, 0.4) is 0 Å². The number of rotatable bonds is 6. The van der Waals surface area contributed by atoms with Crippen LogP contribution in [0.2, 0.25) is 0 Å². The minimum atomic E-state index is 0.216. The minimum Gasteiger partial charge on any atom is -0.396 e. The highest BCUT2D eigenvalue weighted by Crippen LogP contribution is 2.18. The molecule has 0 aliphatic rings. The van der Waals surface area contributed by atoms with E-state index in [2.05, 4.69) is 22.2 Å². The average molecular weight is 238 g/mol. The maximum Gasteiger partial charge on any atom is 0.134 e. The van der Waals surface area contributed by atoms with Gasteiger partial charge in [-0.05, 0) is 19.3 Å². The number of aryl methyl sites for hydroxylation is 1. The smallest absolute Gasteiger partial charge is 0.134 e. The van der Waals surface area contributed by atoms with Crippen LogP contribution in [0.15, 0.2) is 0 Å². The number of nitrogens with one attached hydrogen (secondary N) is 1. The molecule has 1 atom stereocenters. The van der Waals surface area contributed by atoms with Crippen LogP contribution in [0.1, 0.15) is 31.7 Å². The molecule has 5 nitrogen and oxygen atoms in total. The summed E-state index contributed by atoms with van der Waals surface area (Å²) in [7, 11) is 0. The quantitative estimate of drug-likeness (QED) is 0.697. The highest BCUT2D eigenvalue weighted by Gasteiger charge is 2.08. The molecule has 1 heterocycles. The van der Waals surface area contributed by atoms with E-state index in [1.165, 1.54) is 0 Å². The summed E-state index contributed by atoms with van der Waals surface area (Å²) in [4.78, 5) is 8.62. The fraction of sp³-hybridized carbons (Fsp3) is 0.667. The molecule has 0 aliphatic heterocycles. The lowest BCUT2D eigenvalue weighted by atomic mass is 10.1. The zero-order valence-electron chi connectivity index (χ0n) is 10.8. The van der Waals surface area contributed by atoms with Gasteiger partial charge in [0.05, 0.1) is 0 Å². The van der Waals surface area contributed by atoms with Crippen LogP contribution >= 0.6 is 0 Å². The van der Waals surface area contributed by atoms with Gasteiger partial charge in [0, 0.05) is 25.1 Å². The molecule has 0 radical (unpaired) electrons. The Hall–Kier alpha value is -1.36. The van der Waals surface area contributed by atoms with Crippen molar-refractivity contribution in [1.29, 1.82) is 0 Å². The zero-order valence-corrected chi connectivity index (χ0v) is 10.8. The van der Waals surface area contributed by atoms with Crippen molar-refractivity contribution in [2.45, 2.75) is 33.6 Å². The van der Waals surface area contributed by atoms with Gasteiger partial charge < -0.3 is 16.2 Å². The van der Waals surface area contributed by atoms with Gasteiger partial charge in [-0.1, -0.05) is 13.8 Å². The predicted molar refractivity (Wildman–Crippen MR) is 69.9 cm³/mol. The highest BCUT2D eigenvalue weighted by atomic mass is 16.3. The third-order valence-electron chi connectivity index (χ3n) is 2.79. The molecule has 4 N–H and O–H groups in total. The molecule has 1 aromatic heterocycles. The van der Waals surface area contributed by atoms with E-state index in [0.29, 0.717) is 11.7 Å². The van der Waals surface area contributed by atoms with Gasteiger partial charge in [0.1, 0.15) is 17.5 Å². The molecular weight excluding hydrogens is 216 g/mol. The normalized spacial score (nSPS) is 12.5. The summed E-state index contributed by atoms with van der Waals surface area (Å²) < 4.78 is 0. The fourth-order valence-corrected chi connectivity index (χ4v) is 1.51. The van der Waals surface area contributed by atoms with Crippen molar-refractivity contribution in [1.82, 2.24) is 9.97 Å². The second-order valence-corrected chi connectivity index (χ2v) is 4.35. The molecule has 0 bridgehead atoms. The van der Waals surface area contributed by atoms with Crippen molar-refractivity contribution in [3.05, 3.63) is 11.4 Å². The Morgan fingerprint density at radius 1 is 1.41 bits per heavy atom. The van der Waals surface area contributed by atoms with Crippen molar-refractivity contribution in [2.75, 3.05) is 24.2 Å². The molecule has 0 saturated carbocycles. The van der Waals surface area contributed by atoms with Gasteiger partial charge in [-0.15, -0.1) is 0 Å². The van der Waals surface area contributed by atoms with E-state index in [-0.39, 0.29) is 6.61 Å². The van der Waals surface area contributed by atoms with Crippen molar-refractivity contribution in [3.63, 3.8) is 0 Å². The van der Waals surface area contributed by atoms with E-state index >= 15 is 0 Å². The Labute approximate surface area is 102 Å². The van der Waals surface area contributed by atoms with Crippen molar-refractivity contribution in [3.8, 4) is 0 Å². The molecule has 1 aromatic rings. The summed E-state index contributed by atoms with van der Waals surface area (Å²) in [6.45, 7) is 6.99. The average Bonchev–Trinajstić information content (AvgIpc) is 2.31. The van der Waals surface area contributed by atoms with Crippen LogP contribution in [0.4, 0.5) is 11.6 Å². The topological polar surface area (TPSA) is 84.1 Å². The van der Waals surface area contributed by atoms with Gasteiger partial charge >= 0.3 is 0 Å². The Morgan fingerprint density at radius 2 is 2.12 bits per heavy atom. The van der Waals surface area contributed by atoms with Gasteiger partial charge in [0.25, 0.3) is 0 Å². The zero-order chi connectivity index (χ0) is 12.8. The van der Waals surface area contributed by atoms with Crippen molar-refractivity contribution in [2.24, 2.45) is 5.92 Å². The summed E-state index contributed by atoms with van der Waals surface area (Å²) in [6, 6.07) is 0. The molecule has 5 heteroatoms. The van der Waals surface area contributed by atoms with Crippen molar-refractivity contribution >= 4 is 11.6 Å². The van der Waals surface area contributed by atoms with E-state index in [1.54, 1.807) is 0 Å². The van der Waals surface area contributed by atoms with Gasteiger partial charge in [-0.25, -0.2) is 9.97 Å². The van der Waals surface area contributed by atoms with E-state index < -0.39 is 0 Å². The second kappa shape index (κ2) is 6.39. The third kappa shape index (κ3) is 3.85. The first-order valence-corrected chi connectivity index (χ1v) is 6.06. The minimum absolute atomic E-state index is 0.216. The second-order valence-electron chi connectivity index (χ2n) is 4.35. The lowest BCUT2D eigenvalue weighted by Gasteiger charge is -2.14. The molecule has 0 amide bonds. The molecule has 17 heavy (non-hydrogen) atoms. The molecule has 0 aliphatic carbocycles. The number of aliphatic hydroxyl groups excluding tert-OH is 1. The highest BCUT2D eigenvalue weighted by molar-refractivity contribution is 5.54. The maximum atomic E-state index is 8.84. The summed E-state index contributed by atoms with van der Waals surface area (Å²) in [5, 5.41) is 12.1. The van der Waals surface area contributed by atoms with Gasteiger partial charge in [-0.3, -0.25) is 0 Å². The summed E-state index contributed by atoms with van der Waals surface area (Å²) in [5.41, 5.74) is 6.72. The molecule has 0 spiro atoms. The van der Waals surface area contributed by atoms with E-state index in [9.17, 15) is 0 Å². The number of nitrogens with zero attached hydrogens (tertiary/aromatic N) is 2. The van der Waals surface area contributed by atoms with Crippen LogP contribution in [-0.4, -0.2) is 28.2 Å². The SMILES string of the molecule is CCc1nc(N)c(C)c(NCC(C)CCO)n1. The van der Waals surface area contributed by atoms with Gasteiger partial charge in [-0.2, -0.15) is 0 Å². The Kier molecular flexibility index (Phi) is 5.15. The van der Waals surface area contributed by atoms with Crippen LogP contribution in [0, 0.1) is 12.8 Å². The van der Waals surface area contributed by atoms with Crippen molar-refractivity contribution < 1.29 is 5.11 Å². The summed E-state index contributed by atoms with van der Waals surface area (Å²) in [5.74, 6) is 2.50.